The van der Waals surface area contributed by atoms with Crippen molar-refractivity contribution in [2.45, 2.75) is 26.8 Å². The van der Waals surface area contributed by atoms with Gasteiger partial charge in [-0.1, -0.05) is 43.3 Å². The van der Waals surface area contributed by atoms with Crippen LogP contribution in [0.15, 0.2) is 54.7 Å². The maximum atomic E-state index is 12.9. The standard InChI is InChI=1S/C22H23N3O3/c1-4-20-18(13-23-25(20)14-16-8-6-5-7-9-16)21(26)24-19-12-17(22(27)28-3)11-10-15(19)2/h5-13H,4,14H2,1-3H3,(H,24,26). The van der Waals surface area contributed by atoms with Crippen LogP contribution < -0.4 is 5.32 Å². The van der Waals surface area contributed by atoms with Crippen LogP contribution in [0.5, 0.6) is 0 Å². The van der Waals surface area contributed by atoms with Gasteiger partial charge in [0.2, 0.25) is 0 Å². The fourth-order valence-corrected chi connectivity index (χ4v) is 3.06. The van der Waals surface area contributed by atoms with Gasteiger partial charge in [-0.2, -0.15) is 5.10 Å². The van der Waals surface area contributed by atoms with Crippen LogP contribution in [-0.2, 0) is 17.7 Å². The lowest BCUT2D eigenvalue weighted by Crippen LogP contribution is -2.16. The minimum Gasteiger partial charge on any atom is -0.465 e. The Morgan fingerprint density at radius 2 is 1.89 bits per heavy atom. The molecule has 3 rings (SSSR count). The third-order valence-electron chi connectivity index (χ3n) is 4.61. The second-order valence-electron chi connectivity index (χ2n) is 6.48. The third kappa shape index (κ3) is 4.11. The average molecular weight is 377 g/mol. The molecule has 1 heterocycles. The molecule has 0 fully saturated rings. The van der Waals surface area contributed by atoms with Gasteiger partial charge in [-0.3, -0.25) is 9.48 Å². The van der Waals surface area contributed by atoms with Gasteiger partial charge in [-0.05, 0) is 36.6 Å². The number of carbonyl (C=O) groups is 2. The molecule has 1 amide bonds. The molecule has 0 aliphatic rings. The van der Waals surface area contributed by atoms with E-state index in [1.165, 1.54) is 7.11 Å². The fraction of sp³-hybridized carbons (Fsp3) is 0.227. The van der Waals surface area contributed by atoms with Crippen LogP contribution in [0.25, 0.3) is 0 Å². The van der Waals surface area contributed by atoms with Crippen LogP contribution in [0.2, 0.25) is 0 Å². The summed E-state index contributed by atoms with van der Waals surface area (Å²) >= 11 is 0. The molecule has 0 unspecified atom stereocenters. The molecule has 0 aliphatic heterocycles. The Balaban J connectivity index is 1.84. The molecule has 0 atom stereocenters. The number of hydrogen-bond acceptors (Lipinski definition) is 4. The highest BCUT2D eigenvalue weighted by Crippen LogP contribution is 2.20. The molecule has 1 N–H and O–H groups in total. The summed E-state index contributed by atoms with van der Waals surface area (Å²) in [6.07, 6.45) is 2.27. The predicted octanol–water partition coefficient (Wildman–Crippen LogP) is 3.84. The first-order valence-corrected chi connectivity index (χ1v) is 9.12. The molecule has 6 nitrogen and oxygen atoms in total. The van der Waals surface area contributed by atoms with E-state index in [2.05, 4.69) is 10.4 Å². The molecule has 0 aliphatic carbocycles. The Hall–Kier alpha value is -3.41. The lowest BCUT2D eigenvalue weighted by atomic mass is 10.1. The van der Waals surface area contributed by atoms with Gasteiger partial charge in [0.1, 0.15) is 0 Å². The van der Waals surface area contributed by atoms with Gasteiger partial charge in [0, 0.05) is 5.69 Å². The van der Waals surface area contributed by atoms with Crippen LogP contribution in [-0.4, -0.2) is 28.8 Å². The Bertz CT molecular complexity index is 994. The van der Waals surface area contributed by atoms with Crippen molar-refractivity contribution in [1.29, 1.82) is 0 Å². The van der Waals surface area contributed by atoms with Gasteiger partial charge < -0.3 is 10.1 Å². The molecule has 2 aromatic carbocycles. The average Bonchev–Trinajstić information content (AvgIpc) is 3.12. The largest absolute Gasteiger partial charge is 0.465 e. The number of aromatic nitrogens is 2. The van der Waals surface area contributed by atoms with E-state index in [4.69, 9.17) is 4.74 Å². The van der Waals surface area contributed by atoms with Gasteiger partial charge in [0.15, 0.2) is 0 Å². The first-order valence-electron chi connectivity index (χ1n) is 9.12. The van der Waals surface area contributed by atoms with E-state index in [0.29, 0.717) is 29.8 Å². The summed E-state index contributed by atoms with van der Waals surface area (Å²) in [7, 11) is 1.33. The highest BCUT2D eigenvalue weighted by molar-refractivity contribution is 6.06. The van der Waals surface area contributed by atoms with Crippen molar-refractivity contribution in [1.82, 2.24) is 9.78 Å². The number of amides is 1. The normalized spacial score (nSPS) is 10.5. The molecule has 0 radical (unpaired) electrons. The zero-order valence-electron chi connectivity index (χ0n) is 16.2. The number of ether oxygens (including phenoxy) is 1. The summed E-state index contributed by atoms with van der Waals surface area (Å²) in [5.41, 5.74) is 4.33. The van der Waals surface area contributed by atoms with E-state index in [9.17, 15) is 9.59 Å². The maximum absolute atomic E-state index is 12.9. The number of nitrogens with zero attached hydrogens (tertiary/aromatic N) is 2. The summed E-state index contributed by atoms with van der Waals surface area (Å²) in [4.78, 5) is 24.6. The molecule has 0 spiro atoms. The van der Waals surface area contributed by atoms with Crippen LogP contribution >= 0.6 is 0 Å². The molecular weight excluding hydrogens is 354 g/mol. The second kappa shape index (κ2) is 8.52. The summed E-state index contributed by atoms with van der Waals surface area (Å²) in [5, 5.41) is 7.31. The van der Waals surface area contributed by atoms with Crippen LogP contribution in [0.1, 0.15) is 44.5 Å². The smallest absolute Gasteiger partial charge is 0.337 e. The highest BCUT2D eigenvalue weighted by Gasteiger charge is 2.18. The minimum atomic E-state index is -0.444. The van der Waals surface area contributed by atoms with Crippen molar-refractivity contribution in [2.24, 2.45) is 0 Å². The Kier molecular flexibility index (Phi) is 5.89. The Morgan fingerprint density at radius 3 is 2.57 bits per heavy atom. The first-order chi connectivity index (χ1) is 13.5. The van der Waals surface area contributed by atoms with Crippen molar-refractivity contribution < 1.29 is 14.3 Å². The first kappa shape index (κ1) is 19.4. The number of aryl methyl sites for hydroxylation is 1. The van der Waals surface area contributed by atoms with Crippen LogP contribution in [0, 0.1) is 6.92 Å². The Labute approximate surface area is 164 Å². The molecule has 0 bridgehead atoms. The SMILES string of the molecule is CCc1c(C(=O)Nc2cc(C(=O)OC)ccc2C)cnn1Cc1ccccc1. The van der Waals surface area contributed by atoms with E-state index < -0.39 is 5.97 Å². The maximum Gasteiger partial charge on any atom is 0.337 e. The lowest BCUT2D eigenvalue weighted by molar-refractivity contribution is 0.0600. The lowest BCUT2D eigenvalue weighted by Gasteiger charge is -2.11. The molecule has 1 aromatic heterocycles. The van der Waals surface area contributed by atoms with Crippen molar-refractivity contribution in [2.75, 3.05) is 12.4 Å². The number of anilines is 1. The van der Waals surface area contributed by atoms with Gasteiger partial charge in [0.25, 0.3) is 5.91 Å². The summed E-state index contributed by atoms with van der Waals surface area (Å²) < 4.78 is 6.60. The molecule has 144 valence electrons. The summed E-state index contributed by atoms with van der Waals surface area (Å²) in [6.45, 7) is 4.47. The number of rotatable bonds is 6. The fourth-order valence-electron chi connectivity index (χ4n) is 3.06. The van der Waals surface area contributed by atoms with Gasteiger partial charge in [-0.15, -0.1) is 0 Å². The molecule has 0 saturated heterocycles. The molecular formula is C22H23N3O3. The highest BCUT2D eigenvalue weighted by atomic mass is 16.5. The van der Waals surface area contributed by atoms with E-state index in [-0.39, 0.29) is 5.91 Å². The number of carbonyl (C=O) groups excluding carboxylic acids is 2. The van der Waals surface area contributed by atoms with Crippen LogP contribution in [0.3, 0.4) is 0 Å². The monoisotopic (exact) mass is 377 g/mol. The van der Waals surface area contributed by atoms with E-state index in [0.717, 1.165) is 16.8 Å². The molecule has 0 saturated carbocycles. The number of benzene rings is 2. The molecule has 28 heavy (non-hydrogen) atoms. The molecule has 3 aromatic rings. The minimum absolute atomic E-state index is 0.249. The quantitative estimate of drug-likeness (QED) is 0.663. The molecule has 6 heteroatoms. The zero-order valence-corrected chi connectivity index (χ0v) is 16.2. The summed E-state index contributed by atoms with van der Waals surface area (Å²) in [6, 6.07) is 15.1. The van der Waals surface area contributed by atoms with Crippen molar-refractivity contribution in [3.05, 3.63) is 82.7 Å². The number of esters is 1. The predicted molar refractivity (Wildman–Crippen MR) is 108 cm³/mol. The topological polar surface area (TPSA) is 73.2 Å². The number of nitrogens with one attached hydrogen (secondary N) is 1. The van der Waals surface area contributed by atoms with Crippen molar-refractivity contribution >= 4 is 17.6 Å². The van der Waals surface area contributed by atoms with E-state index in [1.807, 2.05) is 48.9 Å². The summed E-state index contributed by atoms with van der Waals surface area (Å²) in [5.74, 6) is -0.693. The zero-order chi connectivity index (χ0) is 20.1. The second-order valence-corrected chi connectivity index (χ2v) is 6.48. The van der Waals surface area contributed by atoms with Gasteiger partial charge in [-0.25, -0.2) is 4.79 Å². The third-order valence-corrected chi connectivity index (χ3v) is 4.61. The number of hydrogen-bond donors (Lipinski definition) is 1. The van der Waals surface area contributed by atoms with Gasteiger partial charge >= 0.3 is 5.97 Å². The Morgan fingerprint density at radius 1 is 1.14 bits per heavy atom. The van der Waals surface area contributed by atoms with E-state index in [1.54, 1.807) is 24.4 Å². The van der Waals surface area contributed by atoms with E-state index >= 15 is 0 Å². The van der Waals surface area contributed by atoms with Crippen molar-refractivity contribution in [3.63, 3.8) is 0 Å². The van der Waals surface area contributed by atoms with Crippen molar-refractivity contribution in [3.8, 4) is 0 Å². The number of methoxy groups -OCH3 is 1. The van der Waals surface area contributed by atoms with Gasteiger partial charge in [0.05, 0.1) is 36.7 Å². The van der Waals surface area contributed by atoms with Crippen LogP contribution in [0.4, 0.5) is 5.69 Å².